The van der Waals surface area contributed by atoms with Crippen LogP contribution in [0.1, 0.15) is 75.2 Å². The molecule has 3 atom stereocenters. The van der Waals surface area contributed by atoms with Crippen molar-refractivity contribution in [1.29, 1.82) is 0 Å². The first-order valence-corrected chi connectivity index (χ1v) is 21.4. The Morgan fingerprint density at radius 1 is 0.879 bits per heavy atom. The molecular weight excluding hydrogens is 465 g/mol. The lowest BCUT2D eigenvalue weighted by Gasteiger charge is -2.45. The van der Waals surface area contributed by atoms with Crippen LogP contribution in [-0.2, 0) is 22.8 Å². The monoisotopic (exact) mass is 518 g/mol. The van der Waals surface area contributed by atoms with Crippen LogP contribution in [0, 0.1) is 0 Å². The Morgan fingerprint density at radius 2 is 1.36 bits per heavy atom. The lowest BCUT2D eigenvalue weighted by atomic mass is 10.1. The zero-order chi connectivity index (χ0) is 25.5. The fraction of sp³-hybridized carbons (Fsp3) is 0.960. The molecule has 0 radical (unpaired) electrons. The second kappa shape index (κ2) is 12.8. The molecule has 0 aromatic rings. The Labute approximate surface area is 208 Å². The van der Waals surface area contributed by atoms with Gasteiger partial charge in [0.05, 0.1) is 12.7 Å². The number of ether oxygens (including phenoxy) is 1. The van der Waals surface area contributed by atoms with Crippen LogP contribution in [0.2, 0.25) is 54.4 Å². The molecule has 0 amide bonds. The highest BCUT2D eigenvalue weighted by atomic mass is 28.4. The fourth-order valence-electron chi connectivity index (χ4n) is 4.52. The topological polar surface area (TPSA) is 54.0 Å². The average Bonchev–Trinajstić information content (AvgIpc) is 3.21. The minimum atomic E-state index is -2.13. The van der Waals surface area contributed by atoms with E-state index in [1.165, 1.54) is 0 Å². The molecule has 0 aromatic carbocycles. The Morgan fingerprint density at radius 3 is 1.73 bits per heavy atom. The van der Waals surface area contributed by atoms with Gasteiger partial charge in [-0.3, -0.25) is 4.79 Å². The summed E-state index contributed by atoms with van der Waals surface area (Å²) >= 11 is 0. The predicted octanol–water partition coefficient (Wildman–Crippen LogP) is 7.49. The summed E-state index contributed by atoms with van der Waals surface area (Å²) in [6.07, 6.45) is 0.447. The third-order valence-electron chi connectivity index (χ3n) is 8.71. The molecule has 1 aliphatic rings. The van der Waals surface area contributed by atoms with Gasteiger partial charge in [0.25, 0.3) is 0 Å². The van der Waals surface area contributed by atoms with Gasteiger partial charge in [-0.05, 0) is 60.8 Å². The molecule has 1 heterocycles. The van der Waals surface area contributed by atoms with Crippen molar-refractivity contribution in [2.24, 2.45) is 0 Å². The molecule has 0 aromatic heterocycles. The summed E-state index contributed by atoms with van der Waals surface area (Å²) < 4.78 is 26.8. The maximum atomic E-state index is 12.1. The minimum absolute atomic E-state index is 0.0584. The SMILES string of the molecule is CC[Si](CC)(CC)OC[C@@H](O[Si](CC)(CC)CC)[C@@H](O[Si](C)(C)C(C)(C)C)[C@H]1CCC(=O)O1. The third-order valence-corrected chi connectivity index (χ3v) is 22.5. The lowest BCUT2D eigenvalue weighted by molar-refractivity contribution is -0.148. The van der Waals surface area contributed by atoms with Crippen molar-refractivity contribution < 1.29 is 22.8 Å². The van der Waals surface area contributed by atoms with E-state index in [0.717, 1.165) is 36.3 Å². The van der Waals surface area contributed by atoms with Gasteiger partial charge in [-0.1, -0.05) is 62.3 Å². The molecular formula is C25H54O5Si3. The van der Waals surface area contributed by atoms with Gasteiger partial charge < -0.3 is 18.0 Å². The van der Waals surface area contributed by atoms with E-state index in [9.17, 15) is 4.79 Å². The molecule has 8 heteroatoms. The zero-order valence-electron chi connectivity index (χ0n) is 23.6. The van der Waals surface area contributed by atoms with E-state index < -0.39 is 25.0 Å². The quantitative estimate of drug-likeness (QED) is 0.166. The molecule has 5 nitrogen and oxygen atoms in total. The van der Waals surface area contributed by atoms with Crippen molar-refractivity contribution in [2.45, 2.75) is 148 Å². The van der Waals surface area contributed by atoms with Crippen molar-refractivity contribution in [3.05, 3.63) is 0 Å². The average molecular weight is 519 g/mol. The summed E-state index contributed by atoms with van der Waals surface area (Å²) in [5, 5.41) is 0.0584. The molecule has 0 aliphatic carbocycles. The van der Waals surface area contributed by atoms with Crippen LogP contribution >= 0.6 is 0 Å². The standard InChI is InChI=1S/C25H54O5Si3/c1-12-32(13-2,14-3)27-20-22(29-33(15-4,16-5)17-6)24(21-18-19-23(26)28-21)30-31(10,11)25(7,8)9/h21-22,24H,12-20H2,1-11H3/t21-,22-,24+/m1/s1. The second-order valence-electron chi connectivity index (χ2n) is 11.4. The van der Waals surface area contributed by atoms with Gasteiger partial charge in [-0.15, -0.1) is 0 Å². The van der Waals surface area contributed by atoms with Gasteiger partial charge in [-0.2, -0.15) is 0 Å². The van der Waals surface area contributed by atoms with Crippen molar-refractivity contribution in [2.75, 3.05) is 6.61 Å². The highest BCUT2D eigenvalue weighted by Crippen LogP contribution is 2.40. The maximum Gasteiger partial charge on any atom is 0.306 e. The summed E-state index contributed by atoms with van der Waals surface area (Å²) in [6.45, 7) is 25.5. The van der Waals surface area contributed by atoms with Gasteiger partial charge in [-0.25, -0.2) is 0 Å². The first-order valence-electron chi connectivity index (χ1n) is 13.5. The summed E-state index contributed by atoms with van der Waals surface area (Å²) in [4.78, 5) is 12.1. The second-order valence-corrected chi connectivity index (χ2v) is 25.6. The van der Waals surface area contributed by atoms with Crippen LogP contribution in [0.5, 0.6) is 0 Å². The fourth-order valence-corrected chi connectivity index (χ4v) is 11.3. The van der Waals surface area contributed by atoms with Crippen LogP contribution in [0.4, 0.5) is 0 Å². The Kier molecular flexibility index (Phi) is 12.0. The first kappa shape index (κ1) is 31.0. The first-order chi connectivity index (χ1) is 15.3. The molecule has 0 bridgehead atoms. The van der Waals surface area contributed by atoms with Gasteiger partial charge in [0.15, 0.2) is 25.0 Å². The Bertz CT molecular complexity index is 581. The summed E-state index contributed by atoms with van der Waals surface area (Å²) in [5.41, 5.74) is 0. The van der Waals surface area contributed by atoms with Gasteiger partial charge in [0.2, 0.25) is 0 Å². The highest BCUT2D eigenvalue weighted by Gasteiger charge is 2.48. The molecule has 0 saturated carbocycles. The van der Waals surface area contributed by atoms with E-state index in [-0.39, 0.29) is 29.3 Å². The summed E-state index contributed by atoms with van der Waals surface area (Å²) in [5.74, 6) is -0.118. The van der Waals surface area contributed by atoms with E-state index in [0.29, 0.717) is 19.4 Å². The number of hydrogen-bond acceptors (Lipinski definition) is 5. The minimum Gasteiger partial charge on any atom is -0.460 e. The van der Waals surface area contributed by atoms with Crippen molar-refractivity contribution in [1.82, 2.24) is 0 Å². The maximum absolute atomic E-state index is 12.1. The van der Waals surface area contributed by atoms with Crippen LogP contribution in [0.25, 0.3) is 0 Å². The number of rotatable bonds is 15. The molecule has 0 spiro atoms. The summed E-state index contributed by atoms with van der Waals surface area (Å²) in [6, 6.07) is 6.55. The zero-order valence-corrected chi connectivity index (χ0v) is 26.6. The van der Waals surface area contributed by atoms with E-state index in [4.69, 9.17) is 18.0 Å². The highest BCUT2D eigenvalue weighted by molar-refractivity contribution is 6.74. The van der Waals surface area contributed by atoms with Crippen LogP contribution in [0.3, 0.4) is 0 Å². The molecule has 1 aliphatic heterocycles. The van der Waals surface area contributed by atoms with E-state index >= 15 is 0 Å². The molecule has 0 unspecified atom stereocenters. The predicted molar refractivity (Wildman–Crippen MR) is 146 cm³/mol. The van der Waals surface area contributed by atoms with Gasteiger partial charge >= 0.3 is 5.97 Å². The van der Waals surface area contributed by atoms with Crippen molar-refractivity contribution in [3.8, 4) is 0 Å². The van der Waals surface area contributed by atoms with Crippen LogP contribution < -0.4 is 0 Å². The molecule has 33 heavy (non-hydrogen) atoms. The number of hydrogen-bond donors (Lipinski definition) is 0. The smallest absolute Gasteiger partial charge is 0.306 e. The largest absolute Gasteiger partial charge is 0.460 e. The molecule has 196 valence electrons. The molecule has 1 fully saturated rings. The van der Waals surface area contributed by atoms with E-state index in [1.54, 1.807) is 0 Å². The van der Waals surface area contributed by atoms with E-state index in [2.05, 4.69) is 75.4 Å². The third kappa shape index (κ3) is 8.00. The normalized spacial score (nSPS) is 20.1. The van der Waals surface area contributed by atoms with Crippen LogP contribution in [-0.4, -0.2) is 55.8 Å². The van der Waals surface area contributed by atoms with Crippen molar-refractivity contribution >= 4 is 30.9 Å². The van der Waals surface area contributed by atoms with Gasteiger partial charge in [0.1, 0.15) is 12.2 Å². The number of carbonyl (C=O) groups is 1. The molecule has 0 N–H and O–H groups in total. The molecule has 1 saturated heterocycles. The van der Waals surface area contributed by atoms with Crippen LogP contribution in [0.15, 0.2) is 0 Å². The number of cyclic esters (lactones) is 1. The lowest BCUT2D eigenvalue weighted by Crippen LogP contribution is -2.56. The Hall–Kier alpha value is 0.000649. The van der Waals surface area contributed by atoms with Crippen molar-refractivity contribution in [3.63, 3.8) is 0 Å². The van der Waals surface area contributed by atoms with E-state index in [1.807, 2.05) is 0 Å². The summed E-state index contributed by atoms with van der Waals surface area (Å²) in [7, 11) is -5.85. The molecule has 1 rings (SSSR count). The van der Waals surface area contributed by atoms with Gasteiger partial charge in [0, 0.05) is 6.42 Å². The number of carbonyl (C=O) groups excluding carboxylic acids is 1. The number of esters is 1. The Balaban J connectivity index is 3.41.